The van der Waals surface area contributed by atoms with Gasteiger partial charge in [0.05, 0.1) is 13.5 Å². The maximum absolute atomic E-state index is 11.9. The highest BCUT2D eigenvalue weighted by molar-refractivity contribution is 5.75. The number of carboxylic acids is 1. The first-order chi connectivity index (χ1) is 14.9. The molecule has 0 aliphatic rings. The molecular formula is C24H30NO6-. The van der Waals surface area contributed by atoms with Crippen molar-refractivity contribution in [1.82, 2.24) is 4.90 Å². The number of rotatable bonds is 13. The van der Waals surface area contributed by atoms with Crippen molar-refractivity contribution in [2.75, 3.05) is 34.4 Å². The average molecular weight is 429 g/mol. The van der Waals surface area contributed by atoms with Crippen molar-refractivity contribution in [3.05, 3.63) is 59.7 Å². The van der Waals surface area contributed by atoms with E-state index < -0.39 is 18.0 Å². The number of aryl methyl sites for hydroxylation is 2. The highest BCUT2D eigenvalue weighted by Crippen LogP contribution is 2.22. The third-order valence-corrected chi connectivity index (χ3v) is 4.61. The van der Waals surface area contributed by atoms with E-state index in [1.807, 2.05) is 61.5 Å². The number of hydrogen-bond acceptors (Lipinski definition) is 7. The summed E-state index contributed by atoms with van der Waals surface area (Å²) in [5, 5.41) is 10.6. The molecule has 0 amide bonds. The van der Waals surface area contributed by atoms with Gasteiger partial charge in [-0.3, -0.25) is 4.79 Å². The predicted molar refractivity (Wildman–Crippen MR) is 115 cm³/mol. The first-order valence-electron chi connectivity index (χ1n) is 10.2. The molecule has 0 radical (unpaired) electrons. The van der Waals surface area contributed by atoms with Gasteiger partial charge in [0.25, 0.3) is 0 Å². The normalized spacial score (nSPS) is 11.7. The van der Waals surface area contributed by atoms with Gasteiger partial charge in [0.1, 0.15) is 24.2 Å². The first kappa shape index (κ1) is 24.2. The van der Waals surface area contributed by atoms with Gasteiger partial charge in [0.2, 0.25) is 0 Å². The molecule has 0 saturated carbocycles. The van der Waals surface area contributed by atoms with E-state index in [-0.39, 0.29) is 19.4 Å². The Hall–Kier alpha value is -3.06. The van der Waals surface area contributed by atoms with Crippen molar-refractivity contribution in [3.63, 3.8) is 0 Å². The maximum atomic E-state index is 11.9. The Morgan fingerprint density at radius 3 is 2.52 bits per heavy atom. The van der Waals surface area contributed by atoms with Gasteiger partial charge < -0.3 is 29.0 Å². The second-order valence-electron chi connectivity index (χ2n) is 7.52. The monoisotopic (exact) mass is 428 g/mol. The van der Waals surface area contributed by atoms with Gasteiger partial charge in [-0.25, -0.2) is 0 Å². The minimum Gasteiger partial charge on any atom is -0.550 e. The van der Waals surface area contributed by atoms with Crippen molar-refractivity contribution in [1.29, 1.82) is 0 Å². The molecule has 0 N–H and O–H groups in total. The van der Waals surface area contributed by atoms with Crippen molar-refractivity contribution in [3.8, 4) is 11.5 Å². The molecule has 1 atom stereocenters. The number of aliphatic carboxylic acids is 1. The van der Waals surface area contributed by atoms with Crippen LogP contribution in [0.15, 0.2) is 48.5 Å². The number of esters is 1. The number of benzene rings is 2. The Bertz CT molecular complexity index is 851. The SMILES string of the molecule is COc1cccc(CCc2ccccc2OC[C@H](CN(C)C)OC(=O)CCC(=O)[O-])c1. The lowest BCUT2D eigenvalue weighted by molar-refractivity contribution is -0.305. The lowest BCUT2D eigenvalue weighted by Gasteiger charge is -2.22. The molecule has 0 aromatic heterocycles. The second kappa shape index (κ2) is 12.6. The van der Waals surface area contributed by atoms with Gasteiger partial charge in [0, 0.05) is 12.5 Å². The van der Waals surface area contributed by atoms with E-state index in [9.17, 15) is 14.7 Å². The average Bonchev–Trinajstić information content (AvgIpc) is 2.75. The largest absolute Gasteiger partial charge is 0.550 e. The van der Waals surface area contributed by atoms with E-state index in [4.69, 9.17) is 14.2 Å². The van der Waals surface area contributed by atoms with Crippen LogP contribution in [0.25, 0.3) is 0 Å². The zero-order valence-electron chi connectivity index (χ0n) is 18.3. The fourth-order valence-corrected chi connectivity index (χ4v) is 3.12. The summed E-state index contributed by atoms with van der Waals surface area (Å²) in [7, 11) is 5.38. The van der Waals surface area contributed by atoms with Crippen LogP contribution in [0.5, 0.6) is 11.5 Å². The number of likely N-dealkylation sites (N-methyl/N-ethyl adjacent to an activating group) is 1. The summed E-state index contributed by atoms with van der Waals surface area (Å²) in [6, 6.07) is 15.7. The molecule has 2 aromatic rings. The molecule has 2 rings (SSSR count). The summed E-state index contributed by atoms with van der Waals surface area (Å²) in [5.41, 5.74) is 2.22. The van der Waals surface area contributed by atoms with Crippen molar-refractivity contribution < 1.29 is 28.9 Å². The van der Waals surface area contributed by atoms with Crippen LogP contribution < -0.4 is 14.6 Å². The fraction of sp³-hybridized carbons (Fsp3) is 0.417. The molecule has 0 aliphatic carbocycles. The maximum Gasteiger partial charge on any atom is 0.306 e. The lowest BCUT2D eigenvalue weighted by Crippen LogP contribution is -2.35. The zero-order chi connectivity index (χ0) is 22.6. The molecule has 0 fully saturated rings. The number of carbonyl (C=O) groups excluding carboxylic acids is 2. The second-order valence-corrected chi connectivity index (χ2v) is 7.52. The van der Waals surface area contributed by atoms with Crippen molar-refractivity contribution >= 4 is 11.9 Å². The smallest absolute Gasteiger partial charge is 0.306 e. The van der Waals surface area contributed by atoms with E-state index in [1.165, 1.54) is 5.56 Å². The van der Waals surface area contributed by atoms with Crippen molar-refractivity contribution in [2.45, 2.75) is 31.8 Å². The Balaban J connectivity index is 1.98. The molecule has 0 spiro atoms. The van der Waals surface area contributed by atoms with Crippen LogP contribution in [0.1, 0.15) is 24.0 Å². The van der Waals surface area contributed by atoms with Gasteiger partial charge in [-0.05, 0) is 62.7 Å². The molecule has 7 heteroatoms. The Kier molecular flexibility index (Phi) is 9.84. The van der Waals surface area contributed by atoms with Gasteiger partial charge >= 0.3 is 5.97 Å². The summed E-state index contributed by atoms with van der Waals surface area (Å²) in [4.78, 5) is 24.4. The molecule has 0 heterocycles. The van der Waals surface area contributed by atoms with Crippen LogP contribution >= 0.6 is 0 Å². The summed E-state index contributed by atoms with van der Waals surface area (Å²) in [6.07, 6.45) is 0.519. The number of carboxylic acid groups (broad SMARTS) is 1. The number of ether oxygens (including phenoxy) is 3. The molecule has 0 aliphatic heterocycles. The molecule has 0 unspecified atom stereocenters. The molecule has 168 valence electrons. The van der Waals surface area contributed by atoms with Crippen LogP contribution in [0.3, 0.4) is 0 Å². The van der Waals surface area contributed by atoms with Gasteiger partial charge in [-0.1, -0.05) is 30.3 Å². The highest BCUT2D eigenvalue weighted by atomic mass is 16.6. The van der Waals surface area contributed by atoms with Crippen LogP contribution in [0.4, 0.5) is 0 Å². The van der Waals surface area contributed by atoms with Crippen LogP contribution in [-0.2, 0) is 27.2 Å². The predicted octanol–water partition coefficient (Wildman–Crippen LogP) is 1.86. The summed E-state index contributed by atoms with van der Waals surface area (Å²) < 4.78 is 16.7. The number of hydrogen-bond donors (Lipinski definition) is 0. The number of nitrogens with zero attached hydrogens (tertiary/aromatic N) is 1. The fourth-order valence-electron chi connectivity index (χ4n) is 3.12. The van der Waals surface area contributed by atoms with Crippen LogP contribution in [-0.4, -0.2) is 57.3 Å². The molecular weight excluding hydrogens is 398 g/mol. The van der Waals surface area contributed by atoms with Gasteiger partial charge in [-0.2, -0.15) is 0 Å². The topological polar surface area (TPSA) is 88.1 Å². The number of para-hydroxylation sites is 1. The molecule has 7 nitrogen and oxygen atoms in total. The van der Waals surface area contributed by atoms with Crippen LogP contribution in [0.2, 0.25) is 0 Å². The van der Waals surface area contributed by atoms with E-state index in [0.29, 0.717) is 6.54 Å². The van der Waals surface area contributed by atoms with Gasteiger partial charge in [0.15, 0.2) is 0 Å². The minimum atomic E-state index is -1.28. The lowest BCUT2D eigenvalue weighted by atomic mass is 10.0. The van der Waals surface area contributed by atoms with E-state index in [0.717, 1.165) is 29.9 Å². The quantitative estimate of drug-likeness (QED) is 0.450. The standard InChI is InChI=1S/C24H31NO6/c1-25(2)16-21(31-24(28)14-13-23(26)27)17-30-22-10-5-4-8-19(22)12-11-18-7-6-9-20(15-18)29-3/h4-10,15,21H,11-14,16-17H2,1-3H3,(H,26,27)/p-1/t21-/m0/s1. The molecule has 2 aromatic carbocycles. The zero-order valence-corrected chi connectivity index (χ0v) is 18.3. The molecule has 0 saturated heterocycles. The minimum absolute atomic E-state index is 0.172. The first-order valence-corrected chi connectivity index (χ1v) is 10.2. The summed E-state index contributed by atoms with van der Waals surface area (Å²) in [5.74, 6) is -0.290. The van der Waals surface area contributed by atoms with Gasteiger partial charge in [-0.15, -0.1) is 0 Å². The van der Waals surface area contributed by atoms with E-state index in [1.54, 1.807) is 7.11 Å². The Morgan fingerprint density at radius 1 is 1.03 bits per heavy atom. The molecule has 0 bridgehead atoms. The third-order valence-electron chi connectivity index (χ3n) is 4.61. The van der Waals surface area contributed by atoms with E-state index in [2.05, 4.69) is 6.07 Å². The summed E-state index contributed by atoms with van der Waals surface area (Å²) >= 11 is 0. The van der Waals surface area contributed by atoms with Crippen LogP contribution in [0, 0.1) is 0 Å². The summed E-state index contributed by atoms with van der Waals surface area (Å²) in [6.45, 7) is 0.633. The number of carbonyl (C=O) groups is 2. The third kappa shape index (κ3) is 9.09. The number of methoxy groups -OCH3 is 1. The van der Waals surface area contributed by atoms with E-state index >= 15 is 0 Å². The molecule has 31 heavy (non-hydrogen) atoms. The van der Waals surface area contributed by atoms with Crippen molar-refractivity contribution in [2.24, 2.45) is 0 Å². The Labute approximate surface area is 183 Å². The Morgan fingerprint density at radius 2 is 1.81 bits per heavy atom. The highest BCUT2D eigenvalue weighted by Gasteiger charge is 2.17.